The van der Waals surface area contributed by atoms with Crippen molar-refractivity contribution in [1.29, 1.82) is 0 Å². The van der Waals surface area contributed by atoms with Crippen molar-refractivity contribution in [2.24, 2.45) is 0 Å². The molecule has 1 aromatic carbocycles. The molecule has 0 spiro atoms. The van der Waals surface area contributed by atoms with Crippen LogP contribution in [0.4, 0.5) is 0 Å². The second-order valence-electron chi connectivity index (χ2n) is 9.65. The maximum atomic E-state index is 10.5. The number of carbonyl (C=O) groups is 1. The summed E-state index contributed by atoms with van der Waals surface area (Å²) >= 11 is 4.08. The van der Waals surface area contributed by atoms with Gasteiger partial charge in [-0.1, -0.05) is 122 Å². The highest BCUT2D eigenvalue weighted by atomic mass is 32.2. The van der Waals surface area contributed by atoms with Crippen LogP contribution in [0.2, 0.25) is 0 Å². The van der Waals surface area contributed by atoms with Gasteiger partial charge in [0.25, 0.3) is 0 Å². The lowest BCUT2D eigenvalue weighted by Crippen LogP contribution is -1.93. The zero-order valence-corrected chi connectivity index (χ0v) is 23.7. The van der Waals surface area contributed by atoms with Crippen molar-refractivity contribution in [2.45, 2.75) is 145 Å². The van der Waals surface area contributed by atoms with Gasteiger partial charge in [-0.05, 0) is 42.9 Å². The van der Waals surface area contributed by atoms with E-state index in [0.29, 0.717) is 6.42 Å². The van der Waals surface area contributed by atoms with E-state index in [9.17, 15) is 4.79 Å². The second kappa shape index (κ2) is 24.1. The highest BCUT2D eigenvalue weighted by molar-refractivity contribution is 8.02. The summed E-state index contributed by atoms with van der Waals surface area (Å²) in [4.78, 5) is 13.4. The lowest BCUT2D eigenvalue weighted by molar-refractivity contribution is -0.137. The summed E-state index contributed by atoms with van der Waals surface area (Å²) in [5.74, 6) is 1.85. The number of thioether (sulfide) groups is 2. The Hall–Kier alpha value is -0.610. The summed E-state index contributed by atoms with van der Waals surface area (Å²) in [6.07, 6.45) is 25.5. The fraction of sp³-hybridized carbons (Fsp3) is 0.767. The first kappa shape index (κ1) is 31.4. The molecule has 0 aliphatic heterocycles. The third-order valence-corrected chi connectivity index (χ3v) is 8.85. The lowest BCUT2D eigenvalue weighted by atomic mass is 10.0. The molecular formula is C30H52O2S2. The Labute approximate surface area is 219 Å². The Balaban J connectivity index is 1.80. The third kappa shape index (κ3) is 19.7. The van der Waals surface area contributed by atoms with E-state index < -0.39 is 5.97 Å². The first-order valence-corrected chi connectivity index (χ1v) is 16.3. The van der Waals surface area contributed by atoms with Crippen molar-refractivity contribution >= 4 is 29.5 Å². The standard InChI is InChI=1S/C30H52O2S2/c1-2-3-26-33-28-23-20-21-24-29(28)34-27-22-18-16-14-12-10-8-6-4-5-7-9-11-13-15-17-19-25-30(31)32/h20-21,23-24H,2-19,22,25-27H2,1H3,(H,31,32). The molecule has 0 unspecified atom stereocenters. The Bertz CT molecular complexity index is 591. The predicted molar refractivity (Wildman–Crippen MR) is 154 cm³/mol. The molecule has 1 N–H and O–H groups in total. The van der Waals surface area contributed by atoms with Gasteiger partial charge in [-0.25, -0.2) is 0 Å². The lowest BCUT2D eigenvalue weighted by Gasteiger charge is -2.08. The number of aliphatic carboxylic acids is 1. The monoisotopic (exact) mass is 508 g/mol. The van der Waals surface area contributed by atoms with Crippen molar-refractivity contribution in [2.75, 3.05) is 11.5 Å². The maximum absolute atomic E-state index is 10.5. The first-order chi connectivity index (χ1) is 16.7. The minimum atomic E-state index is -0.653. The van der Waals surface area contributed by atoms with Crippen molar-refractivity contribution in [3.05, 3.63) is 24.3 Å². The third-order valence-electron chi connectivity index (χ3n) is 6.40. The van der Waals surface area contributed by atoms with Gasteiger partial charge >= 0.3 is 5.97 Å². The van der Waals surface area contributed by atoms with E-state index in [2.05, 4.69) is 43.0 Å². The number of unbranched alkanes of at least 4 members (excludes halogenated alkanes) is 17. The minimum absolute atomic E-state index is 0.341. The largest absolute Gasteiger partial charge is 0.481 e. The number of carboxylic acids is 1. The van der Waals surface area contributed by atoms with Gasteiger partial charge in [0.15, 0.2) is 0 Å². The average molecular weight is 509 g/mol. The van der Waals surface area contributed by atoms with Gasteiger partial charge in [0, 0.05) is 16.2 Å². The molecule has 0 saturated heterocycles. The number of hydrogen-bond acceptors (Lipinski definition) is 3. The first-order valence-electron chi connectivity index (χ1n) is 14.3. The van der Waals surface area contributed by atoms with E-state index in [0.717, 1.165) is 12.8 Å². The molecule has 0 heterocycles. The van der Waals surface area contributed by atoms with Crippen LogP contribution in [0.15, 0.2) is 34.1 Å². The van der Waals surface area contributed by atoms with Gasteiger partial charge in [0.1, 0.15) is 0 Å². The number of carboxylic acid groups (broad SMARTS) is 1. The van der Waals surface area contributed by atoms with Gasteiger partial charge in [0.2, 0.25) is 0 Å². The van der Waals surface area contributed by atoms with E-state index in [1.54, 1.807) is 0 Å². The Kier molecular flexibility index (Phi) is 22.3. The van der Waals surface area contributed by atoms with Crippen molar-refractivity contribution in [3.63, 3.8) is 0 Å². The van der Waals surface area contributed by atoms with E-state index in [1.807, 2.05) is 11.8 Å². The van der Waals surface area contributed by atoms with Gasteiger partial charge in [-0.15, -0.1) is 23.5 Å². The molecule has 0 atom stereocenters. The maximum Gasteiger partial charge on any atom is 0.303 e. The van der Waals surface area contributed by atoms with Crippen LogP contribution in [0.25, 0.3) is 0 Å². The van der Waals surface area contributed by atoms with Gasteiger partial charge in [-0.3, -0.25) is 4.79 Å². The number of hydrogen-bond donors (Lipinski definition) is 1. The molecule has 0 aliphatic rings. The topological polar surface area (TPSA) is 37.3 Å². The normalized spacial score (nSPS) is 11.2. The molecule has 0 radical (unpaired) electrons. The predicted octanol–water partition coefficient (Wildman–Crippen LogP) is 10.8. The van der Waals surface area contributed by atoms with Crippen LogP contribution in [0, 0.1) is 0 Å². The van der Waals surface area contributed by atoms with Crippen molar-refractivity contribution in [3.8, 4) is 0 Å². The van der Waals surface area contributed by atoms with Crippen LogP contribution in [-0.4, -0.2) is 22.6 Å². The van der Waals surface area contributed by atoms with Crippen molar-refractivity contribution < 1.29 is 9.90 Å². The molecule has 0 aliphatic carbocycles. The molecule has 4 heteroatoms. The summed E-state index contributed by atoms with van der Waals surface area (Å²) in [6.45, 7) is 2.27. The van der Waals surface area contributed by atoms with Crippen molar-refractivity contribution in [1.82, 2.24) is 0 Å². The number of rotatable bonds is 25. The summed E-state index contributed by atoms with van der Waals surface area (Å²) < 4.78 is 0. The highest BCUT2D eigenvalue weighted by Crippen LogP contribution is 2.32. The molecule has 0 bridgehead atoms. The van der Waals surface area contributed by atoms with E-state index in [-0.39, 0.29) is 0 Å². The molecule has 1 aromatic rings. The minimum Gasteiger partial charge on any atom is -0.481 e. The smallest absolute Gasteiger partial charge is 0.303 e. The molecule has 196 valence electrons. The number of benzene rings is 1. The zero-order chi connectivity index (χ0) is 24.5. The van der Waals surface area contributed by atoms with E-state index in [4.69, 9.17) is 5.11 Å². The molecule has 0 amide bonds. The summed E-state index contributed by atoms with van der Waals surface area (Å²) in [6, 6.07) is 8.95. The van der Waals surface area contributed by atoms with Gasteiger partial charge in [0.05, 0.1) is 0 Å². The SMILES string of the molecule is CCCCSc1ccccc1SCCCCCCCCCCCCCCCCCCCC(=O)O. The Morgan fingerprint density at radius 2 is 0.941 bits per heavy atom. The Morgan fingerprint density at radius 1 is 0.588 bits per heavy atom. The fourth-order valence-electron chi connectivity index (χ4n) is 4.23. The Morgan fingerprint density at radius 3 is 1.32 bits per heavy atom. The molecular weight excluding hydrogens is 456 g/mol. The van der Waals surface area contributed by atoms with Crippen LogP contribution < -0.4 is 0 Å². The van der Waals surface area contributed by atoms with Crippen LogP contribution in [-0.2, 0) is 4.79 Å². The van der Waals surface area contributed by atoms with Crippen LogP contribution in [0.3, 0.4) is 0 Å². The fourth-order valence-corrected chi connectivity index (χ4v) is 6.57. The van der Waals surface area contributed by atoms with Crippen LogP contribution in [0.5, 0.6) is 0 Å². The average Bonchev–Trinajstić information content (AvgIpc) is 2.83. The summed E-state index contributed by atoms with van der Waals surface area (Å²) in [5, 5.41) is 8.62. The quantitative estimate of drug-likeness (QED) is 0.105. The van der Waals surface area contributed by atoms with Crippen LogP contribution >= 0.6 is 23.5 Å². The molecule has 0 fully saturated rings. The molecule has 2 nitrogen and oxygen atoms in total. The summed E-state index contributed by atoms with van der Waals surface area (Å²) in [5.41, 5.74) is 0. The molecule has 34 heavy (non-hydrogen) atoms. The summed E-state index contributed by atoms with van der Waals surface area (Å²) in [7, 11) is 0. The van der Waals surface area contributed by atoms with Crippen LogP contribution in [0.1, 0.15) is 135 Å². The van der Waals surface area contributed by atoms with E-state index in [1.165, 1.54) is 130 Å². The van der Waals surface area contributed by atoms with Gasteiger partial charge < -0.3 is 5.11 Å². The molecule has 0 saturated carbocycles. The van der Waals surface area contributed by atoms with Gasteiger partial charge in [-0.2, -0.15) is 0 Å². The second-order valence-corrected chi connectivity index (χ2v) is 11.9. The zero-order valence-electron chi connectivity index (χ0n) is 22.0. The molecule has 1 rings (SSSR count). The molecule has 0 aromatic heterocycles. The highest BCUT2D eigenvalue weighted by Gasteiger charge is 2.03. The van der Waals surface area contributed by atoms with E-state index >= 15 is 0 Å².